The largest absolute Gasteiger partial charge is 0.469 e. The monoisotopic (exact) mass is 242 g/mol. The Morgan fingerprint density at radius 2 is 2.12 bits per heavy atom. The van der Waals surface area contributed by atoms with Gasteiger partial charge in [0.2, 0.25) is 0 Å². The molecule has 0 aliphatic carbocycles. The summed E-state index contributed by atoms with van der Waals surface area (Å²) in [7, 11) is 1.45. The molecule has 1 heterocycles. The van der Waals surface area contributed by atoms with Crippen LogP contribution in [0.15, 0.2) is 0 Å². The Morgan fingerprint density at radius 1 is 1.41 bits per heavy atom. The Balaban J connectivity index is 2.04. The summed E-state index contributed by atoms with van der Waals surface area (Å²) in [6.07, 6.45) is 4.04. The molecule has 100 valence electrons. The smallest absolute Gasteiger partial charge is 0.305 e. The van der Waals surface area contributed by atoms with Crippen molar-refractivity contribution in [3.63, 3.8) is 0 Å². The van der Waals surface area contributed by atoms with Gasteiger partial charge in [-0.2, -0.15) is 0 Å². The van der Waals surface area contributed by atoms with Gasteiger partial charge in [0.25, 0.3) is 0 Å². The van der Waals surface area contributed by atoms with Gasteiger partial charge in [0, 0.05) is 6.42 Å². The lowest BCUT2D eigenvalue weighted by molar-refractivity contribution is -0.140. The van der Waals surface area contributed by atoms with Gasteiger partial charge in [-0.1, -0.05) is 6.92 Å². The van der Waals surface area contributed by atoms with Gasteiger partial charge in [-0.05, 0) is 57.9 Å². The minimum Gasteiger partial charge on any atom is -0.469 e. The Kier molecular flexibility index (Phi) is 7.21. The molecule has 0 aromatic heterocycles. The van der Waals surface area contributed by atoms with Gasteiger partial charge in [0.15, 0.2) is 0 Å². The van der Waals surface area contributed by atoms with E-state index in [1.54, 1.807) is 0 Å². The summed E-state index contributed by atoms with van der Waals surface area (Å²) >= 11 is 0. The molecule has 1 N–H and O–H groups in total. The summed E-state index contributed by atoms with van der Waals surface area (Å²) in [6.45, 7) is 7.77. The normalized spacial score (nSPS) is 18.2. The lowest BCUT2D eigenvalue weighted by Crippen LogP contribution is -2.37. The Labute approximate surface area is 105 Å². The van der Waals surface area contributed by atoms with E-state index in [0.717, 1.165) is 32.0 Å². The first-order valence-electron chi connectivity index (χ1n) is 6.76. The highest BCUT2D eigenvalue weighted by Gasteiger charge is 2.18. The molecule has 0 spiro atoms. The van der Waals surface area contributed by atoms with Crippen LogP contribution in [0.1, 0.15) is 32.6 Å². The number of rotatable bonds is 7. The minimum absolute atomic E-state index is 0.0907. The predicted octanol–water partition coefficient (Wildman–Crippen LogP) is 1.26. The van der Waals surface area contributed by atoms with Crippen molar-refractivity contribution in [1.29, 1.82) is 0 Å². The van der Waals surface area contributed by atoms with Crippen molar-refractivity contribution >= 4 is 5.97 Å². The minimum atomic E-state index is -0.0907. The zero-order valence-electron chi connectivity index (χ0n) is 11.2. The van der Waals surface area contributed by atoms with Crippen molar-refractivity contribution in [1.82, 2.24) is 10.2 Å². The molecule has 1 fully saturated rings. The van der Waals surface area contributed by atoms with E-state index in [2.05, 4.69) is 21.9 Å². The average Bonchev–Trinajstić information content (AvgIpc) is 2.37. The molecular weight excluding hydrogens is 216 g/mol. The molecule has 17 heavy (non-hydrogen) atoms. The van der Waals surface area contributed by atoms with Crippen LogP contribution in [-0.2, 0) is 9.53 Å². The molecule has 0 atom stereocenters. The Bertz CT molecular complexity index is 213. The van der Waals surface area contributed by atoms with E-state index in [1.807, 2.05) is 0 Å². The predicted molar refractivity (Wildman–Crippen MR) is 69.0 cm³/mol. The fraction of sp³-hybridized carbons (Fsp3) is 0.923. The summed E-state index contributed by atoms with van der Waals surface area (Å²) in [5.41, 5.74) is 0. The molecule has 0 aromatic rings. The van der Waals surface area contributed by atoms with Crippen LogP contribution in [0.3, 0.4) is 0 Å². The fourth-order valence-electron chi connectivity index (χ4n) is 2.31. The van der Waals surface area contributed by atoms with Gasteiger partial charge < -0.3 is 15.0 Å². The first-order valence-corrected chi connectivity index (χ1v) is 6.76. The van der Waals surface area contributed by atoms with E-state index >= 15 is 0 Å². The summed E-state index contributed by atoms with van der Waals surface area (Å²) in [4.78, 5) is 13.4. The topological polar surface area (TPSA) is 41.6 Å². The molecule has 4 heteroatoms. The SMILES string of the molecule is CCNCC1CCN(CCCC(=O)OC)CC1. The molecule has 1 aliphatic rings. The Hall–Kier alpha value is -0.610. The van der Waals surface area contributed by atoms with E-state index < -0.39 is 0 Å². The number of nitrogens with one attached hydrogen (secondary N) is 1. The molecule has 1 saturated heterocycles. The van der Waals surface area contributed by atoms with Crippen LogP contribution >= 0.6 is 0 Å². The number of hydrogen-bond donors (Lipinski definition) is 1. The van der Waals surface area contributed by atoms with Crippen LogP contribution in [0, 0.1) is 5.92 Å². The van der Waals surface area contributed by atoms with Gasteiger partial charge in [0.05, 0.1) is 7.11 Å². The third-order valence-corrected chi connectivity index (χ3v) is 3.47. The van der Waals surface area contributed by atoms with Crippen LogP contribution < -0.4 is 5.32 Å². The quantitative estimate of drug-likeness (QED) is 0.683. The van der Waals surface area contributed by atoms with Gasteiger partial charge in [-0.3, -0.25) is 4.79 Å². The highest BCUT2D eigenvalue weighted by molar-refractivity contribution is 5.69. The van der Waals surface area contributed by atoms with Gasteiger partial charge >= 0.3 is 5.97 Å². The zero-order valence-corrected chi connectivity index (χ0v) is 11.2. The maximum absolute atomic E-state index is 11.0. The number of likely N-dealkylation sites (tertiary alicyclic amines) is 1. The van der Waals surface area contributed by atoms with Crippen molar-refractivity contribution in [3.8, 4) is 0 Å². The Morgan fingerprint density at radius 3 is 2.71 bits per heavy atom. The van der Waals surface area contributed by atoms with Crippen LogP contribution in [-0.4, -0.2) is 50.7 Å². The number of hydrogen-bond acceptors (Lipinski definition) is 4. The summed E-state index contributed by atoms with van der Waals surface area (Å²) in [6, 6.07) is 0. The molecule has 4 nitrogen and oxygen atoms in total. The van der Waals surface area contributed by atoms with E-state index in [0.29, 0.717) is 6.42 Å². The maximum atomic E-state index is 11.0. The third kappa shape index (κ3) is 6.03. The summed E-state index contributed by atoms with van der Waals surface area (Å²) in [5, 5.41) is 3.42. The van der Waals surface area contributed by atoms with Crippen molar-refractivity contribution < 1.29 is 9.53 Å². The molecule has 0 radical (unpaired) electrons. The lowest BCUT2D eigenvalue weighted by Gasteiger charge is -2.31. The van der Waals surface area contributed by atoms with Gasteiger partial charge in [-0.15, -0.1) is 0 Å². The lowest BCUT2D eigenvalue weighted by atomic mass is 9.96. The van der Waals surface area contributed by atoms with Crippen LogP contribution in [0.5, 0.6) is 0 Å². The molecule has 0 amide bonds. The average molecular weight is 242 g/mol. The van der Waals surface area contributed by atoms with Crippen molar-refractivity contribution in [2.24, 2.45) is 5.92 Å². The number of nitrogens with zero attached hydrogens (tertiary/aromatic N) is 1. The highest BCUT2D eigenvalue weighted by Crippen LogP contribution is 2.16. The highest BCUT2D eigenvalue weighted by atomic mass is 16.5. The van der Waals surface area contributed by atoms with E-state index in [1.165, 1.54) is 33.0 Å². The van der Waals surface area contributed by atoms with Crippen LogP contribution in [0.25, 0.3) is 0 Å². The van der Waals surface area contributed by atoms with Crippen molar-refractivity contribution in [2.45, 2.75) is 32.6 Å². The molecule has 0 aromatic carbocycles. The van der Waals surface area contributed by atoms with E-state index in [9.17, 15) is 4.79 Å². The first-order chi connectivity index (χ1) is 8.26. The van der Waals surface area contributed by atoms with Crippen LogP contribution in [0.2, 0.25) is 0 Å². The number of ether oxygens (including phenoxy) is 1. The molecule has 1 aliphatic heterocycles. The second kappa shape index (κ2) is 8.48. The van der Waals surface area contributed by atoms with E-state index in [4.69, 9.17) is 0 Å². The second-order valence-corrected chi connectivity index (χ2v) is 4.77. The molecule has 0 unspecified atom stereocenters. The number of carbonyl (C=O) groups is 1. The van der Waals surface area contributed by atoms with Gasteiger partial charge in [0.1, 0.15) is 0 Å². The second-order valence-electron chi connectivity index (χ2n) is 4.77. The molecule has 1 rings (SSSR count). The number of carbonyl (C=O) groups excluding carboxylic acids is 1. The molecular formula is C13H26N2O2. The van der Waals surface area contributed by atoms with Crippen molar-refractivity contribution in [3.05, 3.63) is 0 Å². The number of esters is 1. The standard InChI is InChI=1S/C13H26N2O2/c1-3-14-11-12-6-9-15(10-7-12)8-4-5-13(16)17-2/h12,14H,3-11H2,1-2H3. The summed E-state index contributed by atoms with van der Waals surface area (Å²) < 4.78 is 4.64. The van der Waals surface area contributed by atoms with E-state index in [-0.39, 0.29) is 5.97 Å². The zero-order chi connectivity index (χ0) is 12.5. The third-order valence-electron chi connectivity index (χ3n) is 3.47. The van der Waals surface area contributed by atoms with Crippen molar-refractivity contribution in [2.75, 3.05) is 39.8 Å². The molecule has 0 saturated carbocycles. The van der Waals surface area contributed by atoms with Crippen LogP contribution in [0.4, 0.5) is 0 Å². The maximum Gasteiger partial charge on any atom is 0.305 e. The fourth-order valence-corrected chi connectivity index (χ4v) is 2.31. The van der Waals surface area contributed by atoms with Gasteiger partial charge in [-0.25, -0.2) is 0 Å². The summed E-state index contributed by atoms with van der Waals surface area (Å²) in [5.74, 6) is 0.749. The number of methoxy groups -OCH3 is 1. The molecule has 0 bridgehead atoms. The number of piperidine rings is 1. The first kappa shape index (κ1) is 14.5.